The minimum Gasteiger partial charge on any atom is -0.466 e. The van der Waals surface area contributed by atoms with Gasteiger partial charge in [0.1, 0.15) is 0 Å². The Morgan fingerprint density at radius 3 is 2.39 bits per heavy atom. The minimum atomic E-state index is -3.55. The highest BCUT2D eigenvalue weighted by atomic mass is 31.2. The molecule has 1 N–H and O–H groups in total. The number of hydrogen-bond donors (Lipinski definition) is 1. The van der Waals surface area contributed by atoms with Crippen LogP contribution in [-0.4, -0.2) is 36.2 Å². The van der Waals surface area contributed by atoms with E-state index in [1.165, 1.54) is 0 Å². The van der Waals surface area contributed by atoms with E-state index in [9.17, 15) is 19.0 Å². The van der Waals surface area contributed by atoms with Crippen molar-refractivity contribution in [3.8, 4) is 0 Å². The minimum absolute atomic E-state index is 0.0867. The molecule has 0 saturated carbocycles. The molecule has 1 atom stereocenters. The lowest BCUT2D eigenvalue weighted by Gasteiger charge is -2.11. The van der Waals surface area contributed by atoms with Crippen molar-refractivity contribution in [2.24, 2.45) is 0 Å². The van der Waals surface area contributed by atoms with Gasteiger partial charge in [0, 0.05) is 23.5 Å². The van der Waals surface area contributed by atoms with Crippen LogP contribution in [0.1, 0.15) is 19.8 Å². The molecule has 126 valence electrons. The van der Waals surface area contributed by atoms with Crippen LogP contribution in [-0.2, 0) is 23.6 Å². The van der Waals surface area contributed by atoms with Crippen LogP contribution in [0.25, 0.3) is 0 Å². The predicted molar refractivity (Wildman–Crippen MR) is 86.7 cm³/mol. The number of benzene rings is 1. The summed E-state index contributed by atoms with van der Waals surface area (Å²) in [5.41, 5.74) is 0.307. The molecule has 0 spiro atoms. The van der Waals surface area contributed by atoms with Crippen LogP contribution in [0.4, 0.5) is 0 Å². The van der Waals surface area contributed by atoms with Gasteiger partial charge in [-0.2, -0.15) is 0 Å². The summed E-state index contributed by atoms with van der Waals surface area (Å²) in [5.74, 6) is -1.04. The molecule has 0 fully saturated rings. The summed E-state index contributed by atoms with van der Waals surface area (Å²) in [5, 5.41) is 0.319. The van der Waals surface area contributed by atoms with Crippen molar-refractivity contribution in [1.29, 1.82) is 0 Å². The van der Waals surface area contributed by atoms with E-state index in [0.717, 1.165) is 0 Å². The van der Waals surface area contributed by atoms with Crippen LogP contribution in [0.5, 0.6) is 0 Å². The van der Waals surface area contributed by atoms with Crippen LogP contribution in [0.15, 0.2) is 42.5 Å². The molecular weight excluding hydrogens is 319 g/mol. The van der Waals surface area contributed by atoms with Crippen molar-refractivity contribution in [2.75, 3.05) is 19.4 Å². The third-order valence-electron chi connectivity index (χ3n) is 2.91. The summed E-state index contributed by atoms with van der Waals surface area (Å²) < 4.78 is 21.9. The smallest absolute Gasteiger partial charge is 0.333 e. The van der Waals surface area contributed by atoms with Gasteiger partial charge in [-0.3, -0.25) is 9.36 Å². The van der Waals surface area contributed by atoms with Gasteiger partial charge in [-0.25, -0.2) is 4.79 Å². The van der Waals surface area contributed by atoms with E-state index in [4.69, 9.17) is 9.47 Å². The maximum Gasteiger partial charge on any atom is 0.333 e. The zero-order chi connectivity index (χ0) is 17.3. The normalized spacial score (nSPS) is 13.0. The molecule has 6 nitrogen and oxygen atoms in total. The van der Waals surface area contributed by atoms with Crippen LogP contribution < -0.4 is 5.30 Å². The second-order valence-electron chi connectivity index (χ2n) is 5.00. The Kier molecular flexibility index (Phi) is 7.72. The molecule has 0 aliphatic rings. The van der Waals surface area contributed by atoms with Crippen molar-refractivity contribution >= 4 is 24.6 Å². The maximum absolute atomic E-state index is 12.1. The second-order valence-corrected chi connectivity index (χ2v) is 7.37. The van der Waals surface area contributed by atoms with Crippen molar-refractivity contribution in [3.05, 3.63) is 42.5 Å². The van der Waals surface area contributed by atoms with E-state index in [1.807, 2.05) is 0 Å². The van der Waals surface area contributed by atoms with E-state index >= 15 is 0 Å². The van der Waals surface area contributed by atoms with Crippen molar-refractivity contribution < 1.29 is 28.5 Å². The molecule has 23 heavy (non-hydrogen) atoms. The lowest BCUT2D eigenvalue weighted by atomic mass is 10.4. The Bertz CT molecular complexity index is 596. The fraction of sp³-hybridized carbons (Fsp3) is 0.375. The van der Waals surface area contributed by atoms with Crippen molar-refractivity contribution in [2.45, 2.75) is 19.8 Å². The third-order valence-corrected chi connectivity index (χ3v) is 4.85. The molecule has 0 amide bonds. The summed E-state index contributed by atoms with van der Waals surface area (Å²) >= 11 is 0. The number of rotatable bonds is 9. The second kappa shape index (κ2) is 9.28. The van der Waals surface area contributed by atoms with Gasteiger partial charge in [-0.15, -0.1) is 0 Å². The van der Waals surface area contributed by atoms with Gasteiger partial charge in [0.25, 0.3) is 0 Å². The molecule has 0 saturated heterocycles. The van der Waals surface area contributed by atoms with E-state index < -0.39 is 19.3 Å². The standard InChI is InChI=1S/C16H21O6P/c1-13(2)16(18)22-11-6-10-21-15(17)9-12-23(19,20)14-7-4-3-5-8-14/h3-5,7-8H,1,6,9-12H2,2H3,(H,19,20). The van der Waals surface area contributed by atoms with Crippen LogP contribution in [0.3, 0.4) is 0 Å². The van der Waals surface area contributed by atoms with Gasteiger partial charge in [-0.1, -0.05) is 24.8 Å². The zero-order valence-corrected chi connectivity index (χ0v) is 14.0. The van der Waals surface area contributed by atoms with Gasteiger partial charge >= 0.3 is 11.9 Å². The third kappa shape index (κ3) is 7.26. The summed E-state index contributed by atoms with van der Waals surface area (Å²) in [7, 11) is -3.55. The van der Waals surface area contributed by atoms with Gasteiger partial charge in [0.2, 0.25) is 7.37 Å². The zero-order valence-electron chi connectivity index (χ0n) is 13.1. The quantitative estimate of drug-likeness (QED) is 0.320. The van der Waals surface area contributed by atoms with Gasteiger partial charge in [-0.05, 0) is 19.1 Å². The lowest BCUT2D eigenvalue weighted by Crippen LogP contribution is -2.14. The molecule has 0 aliphatic carbocycles. The van der Waals surface area contributed by atoms with E-state index in [1.54, 1.807) is 37.3 Å². The summed E-state index contributed by atoms with van der Waals surface area (Å²) in [6.45, 7) is 5.20. The highest BCUT2D eigenvalue weighted by Gasteiger charge is 2.22. The Labute approximate surface area is 135 Å². The first-order valence-corrected chi connectivity index (χ1v) is 9.03. The lowest BCUT2D eigenvalue weighted by molar-refractivity contribution is -0.144. The summed E-state index contributed by atoms with van der Waals surface area (Å²) in [6, 6.07) is 8.20. The molecule has 0 aromatic heterocycles. The molecule has 1 aromatic rings. The maximum atomic E-state index is 12.1. The van der Waals surface area contributed by atoms with Crippen LogP contribution in [0.2, 0.25) is 0 Å². The SMILES string of the molecule is C=C(C)C(=O)OCCCOC(=O)CCP(=O)(O)c1ccccc1. The molecular formula is C16H21O6P. The average molecular weight is 340 g/mol. The van der Waals surface area contributed by atoms with Crippen LogP contribution in [0, 0.1) is 0 Å². The predicted octanol–water partition coefficient (Wildman–Crippen LogP) is 2.02. The number of carbonyl (C=O) groups excluding carboxylic acids is 2. The Balaban J connectivity index is 2.23. The van der Waals surface area contributed by atoms with Crippen molar-refractivity contribution in [1.82, 2.24) is 0 Å². The topological polar surface area (TPSA) is 89.9 Å². The Morgan fingerprint density at radius 2 is 1.78 bits per heavy atom. The molecule has 0 radical (unpaired) electrons. The van der Waals surface area contributed by atoms with Gasteiger partial charge in [0.05, 0.1) is 19.6 Å². The van der Waals surface area contributed by atoms with Gasteiger partial charge in [0.15, 0.2) is 0 Å². The summed E-state index contributed by atoms with van der Waals surface area (Å²) in [6.07, 6.45) is 0.0505. The molecule has 1 unspecified atom stereocenters. The monoisotopic (exact) mass is 340 g/mol. The first-order valence-electron chi connectivity index (χ1n) is 7.18. The number of hydrogen-bond acceptors (Lipinski definition) is 5. The number of esters is 2. The Hall–Kier alpha value is -1.91. The average Bonchev–Trinajstić information content (AvgIpc) is 2.53. The van der Waals surface area contributed by atoms with E-state index in [2.05, 4.69) is 6.58 Å². The molecule has 0 aliphatic heterocycles. The largest absolute Gasteiger partial charge is 0.466 e. The van der Waals surface area contributed by atoms with E-state index in [-0.39, 0.29) is 25.8 Å². The molecule has 0 bridgehead atoms. The molecule has 1 aromatic carbocycles. The first-order chi connectivity index (χ1) is 10.8. The van der Waals surface area contributed by atoms with Crippen LogP contribution >= 0.6 is 7.37 Å². The first kappa shape index (κ1) is 19.1. The summed E-state index contributed by atoms with van der Waals surface area (Å²) in [4.78, 5) is 32.6. The highest BCUT2D eigenvalue weighted by Crippen LogP contribution is 2.39. The fourth-order valence-corrected chi connectivity index (χ4v) is 3.02. The highest BCUT2D eigenvalue weighted by molar-refractivity contribution is 7.66. The molecule has 7 heteroatoms. The molecule has 0 heterocycles. The Morgan fingerprint density at radius 1 is 1.17 bits per heavy atom. The number of carbonyl (C=O) groups is 2. The number of ether oxygens (including phenoxy) is 2. The fourth-order valence-electron chi connectivity index (χ4n) is 1.64. The van der Waals surface area contributed by atoms with E-state index in [0.29, 0.717) is 17.3 Å². The van der Waals surface area contributed by atoms with Crippen molar-refractivity contribution in [3.63, 3.8) is 0 Å². The molecule has 1 rings (SSSR count). The van der Waals surface area contributed by atoms with Gasteiger partial charge < -0.3 is 14.4 Å².